The fourth-order valence-corrected chi connectivity index (χ4v) is 4.28. The van der Waals surface area contributed by atoms with Crippen molar-refractivity contribution in [3.8, 4) is 5.75 Å². The highest BCUT2D eigenvalue weighted by molar-refractivity contribution is 7.11. The van der Waals surface area contributed by atoms with Gasteiger partial charge < -0.3 is 14.2 Å². The zero-order valence-corrected chi connectivity index (χ0v) is 18.4. The van der Waals surface area contributed by atoms with Crippen molar-refractivity contribution < 1.29 is 32.2 Å². The van der Waals surface area contributed by atoms with Crippen LogP contribution in [0.4, 0.5) is 13.2 Å². The van der Waals surface area contributed by atoms with Crippen LogP contribution >= 0.6 is 11.3 Å². The first-order valence-electron chi connectivity index (χ1n) is 9.85. The number of alkyl halides is 3. The smallest absolute Gasteiger partial charge is 0.443 e. The summed E-state index contributed by atoms with van der Waals surface area (Å²) in [6.07, 6.45) is -4.91. The van der Waals surface area contributed by atoms with E-state index in [1.165, 1.54) is 7.11 Å². The Morgan fingerprint density at radius 2 is 2.06 bits per heavy atom. The van der Waals surface area contributed by atoms with Crippen LogP contribution in [0.5, 0.6) is 5.75 Å². The molecule has 170 valence electrons. The van der Waals surface area contributed by atoms with Gasteiger partial charge in [0.15, 0.2) is 11.6 Å². The van der Waals surface area contributed by atoms with Crippen LogP contribution in [0.2, 0.25) is 0 Å². The third-order valence-electron chi connectivity index (χ3n) is 5.10. The molecule has 3 rings (SSSR count). The van der Waals surface area contributed by atoms with Gasteiger partial charge in [0.2, 0.25) is 0 Å². The summed E-state index contributed by atoms with van der Waals surface area (Å²) >= 11 is 0.660. The van der Waals surface area contributed by atoms with Gasteiger partial charge in [-0.05, 0) is 30.5 Å². The van der Waals surface area contributed by atoms with Gasteiger partial charge in [-0.3, -0.25) is 4.90 Å². The van der Waals surface area contributed by atoms with Crippen molar-refractivity contribution >= 4 is 17.3 Å². The molecule has 2 unspecified atom stereocenters. The summed E-state index contributed by atoms with van der Waals surface area (Å²) in [5.41, 5.74) is 1.47. The number of halogens is 3. The van der Waals surface area contributed by atoms with Crippen LogP contribution < -0.4 is 4.74 Å². The lowest BCUT2D eigenvalue weighted by Gasteiger charge is -2.34. The number of rotatable bonds is 7. The maximum Gasteiger partial charge on any atom is 0.443 e. The molecule has 2 heterocycles. The number of carbonyl (C=O) groups excluding carboxylic acids is 1. The maximum atomic E-state index is 13.0. The molecule has 0 amide bonds. The molecule has 0 saturated carbocycles. The van der Waals surface area contributed by atoms with E-state index in [2.05, 4.69) is 21.5 Å². The van der Waals surface area contributed by atoms with E-state index in [0.29, 0.717) is 47.4 Å². The van der Waals surface area contributed by atoms with Crippen LogP contribution in [0.3, 0.4) is 0 Å². The van der Waals surface area contributed by atoms with Gasteiger partial charge >= 0.3 is 12.1 Å². The predicted octanol–water partition coefficient (Wildman–Crippen LogP) is 4.20. The second-order valence-electron chi connectivity index (χ2n) is 7.41. The minimum atomic E-state index is -4.44. The summed E-state index contributed by atoms with van der Waals surface area (Å²) in [6, 6.07) is 7.48. The average Bonchev–Trinajstić information content (AvgIpc) is 3.14. The molecule has 0 spiro atoms. The quantitative estimate of drug-likeness (QED) is 0.580. The topological polar surface area (TPSA) is 60.9 Å². The normalized spacial score (nSPS) is 18.6. The lowest BCUT2D eigenvalue weighted by Crippen LogP contribution is -2.40. The van der Waals surface area contributed by atoms with E-state index in [9.17, 15) is 18.0 Å². The Hall–Kier alpha value is -2.17. The van der Waals surface area contributed by atoms with E-state index in [1.807, 2.05) is 12.1 Å². The molecule has 0 radical (unpaired) electrons. The molecule has 10 heteroatoms. The van der Waals surface area contributed by atoms with Gasteiger partial charge in [0.25, 0.3) is 0 Å². The lowest BCUT2D eigenvalue weighted by molar-refractivity contribution is -0.143. The highest BCUT2D eigenvalue weighted by atomic mass is 32.1. The number of aromatic nitrogens is 1. The van der Waals surface area contributed by atoms with Crippen molar-refractivity contribution in [2.75, 3.05) is 40.0 Å². The minimum absolute atomic E-state index is 0.146. The molecule has 0 aliphatic carbocycles. The number of aryl methyl sites for hydroxylation is 1. The number of morpholine rings is 1. The number of esters is 1. The Morgan fingerprint density at radius 1 is 1.35 bits per heavy atom. The molecular weight excluding hydrogens is 433 g/mol. The van der Waals surface area contributed by atoms with E-state index in [4.69, 9.17) is 9.47 Å². The molecule has 1 aliphatic heterocycles. The Morgan fingerprint density at radius 3 is 2.68 bits per heavy atom. The van der Waals surface area contributed by atoms with E-state index in [0.717, 1.165) is 12.1 Å². The van der Waals surface area contributed by atoms with Crippen molar-refractivity contribution in [1.82, 2.24) is 9.88 Å². The molecule has 2 atom stereocenters. The minimum Gasteiger partial charge on any atom is -0.482 e. The van der Waals surface area contributed by atoms with Crippen LogP contribution in [0.1, 0.15) is 40.1 Å². The molecule has 1 aromatic carbocycles. The molecule has 1 aliphatic rings. The molecule has 2 aromatic rings. The van der Waals surface area contributed by atoms with Crippen molar-refractivity contribution in [3.05, 3.63) is 45.4 Å². The van der Waals surface area contributed by atoms with E-state index < -0.39 is 23.3 Å². The van der Waals surface area contributed by atoms with Crippen LogP contribution in [0.25, 0.3) is 0 Å². The Labute approximate surface area is 182 Å². The summed E-state index contributed by atoms with van der Waals surface area (Å²) in [7, 11) is 1.30. The van der Waals surface area contributed by atoms with Crippen LogP contribution in [0.15, 0.2) is 24.3 Å². The largest absolute Gasteiger partial charge is 0.482 e. The van der Waals surface area contributed by atoms with Gasteiger partial charge in [-0.15, -0.1) is 11.3 Å². The second kappa shape index (κ2) is 9.97. The lowest BCUT2D eigenvalue weighted by atomic mass is 10.00. The summed E-state index contributed by atoms with van der Waals surface area (Å²) in [5, 5.41) is -0.830. The van der Waals surface area contributed by atoms with E-state index in [1.54, 1.807) is 19.1 Å². The molecule has 1 fully saturated rings. The Balaban J connectivity index is 1.59. The number of benzene rings is 1. The SMILES string of the molecule is COC(=O)COc1ccc(C(C)CN2CCOC(c3nc(C(F)(F)F)sc3C)C2)cc1. The highest BCUT2D eigenvalue weighted by Gasteiger charge is 2.37. The van der Waals surface area contributed by atoms with Crippen molar-refractivity contribution in [2.45, 2.75) is 32.0 Å². The molecule has 0 bridgehead atoms. The zero-order chi connectivity index (χ0) is 22.6. The van der Waals surface area contributed by atoms with Gasteiger partial charge in [0.05, 0.1) is 19.4 Å². The molecule has 1 saturated heterocycles. The molecule has 0 N–H and O–H groups in total. The summed E-state index contributed by atoms with van der Waals surface area (Å²) in [4.78, 5) is 17.7. The van der Waals surface area contributed by atoms with Crippen LogP contribution in [-0.4, -0.2) is 55.8 Å². The fraction of sp³-hybridized carbons (Fsp3) is 0.524. The van der Waals surface area contributed by atoms with Crippen molar-refractivity contribution in [3.63, 3.8) is 0 Å². The number of thiazole rings is 1. The number of hydrogen-bond acceptors (Lipinski definition) is 7. The van der Waals surface area contributed by atoms with Crippen molar-refractivity contribution in [2.24, 2.45) is 0 Å². The number of hydrogen-bond donors (Lipinski definition) is 0. The number of methoxy groups -OCH3 is 1. The van der Waals surface area contributed by atoms with Gasteiger partial charge in [-0.1, -0.05) is 19.1 Å². The molecule has 6 nitrogen and oxygen atoms in total. The van der Waals surface area contributed by atoms with E-state index >= 15 is 0 Å². The first kappa shape index (κ1) is 23.5. The number of ether oxygens (including phenoxy) is 3. The average molecular weight is 459 g/mol. The second-order valence-corrected chi connectivity index (χ2v) is 8.62. The first-order chi connectivity index (χ1) is 14.7. The maximum absolute atomic E-state index is 13.0. The van der Waals surface area contributed by atoms with E-state index in [-0.39, 0.29) is 12.5 Å². The van der Waals surface area contributed by atoms with Gasteiger partial charge in [-0.25, -0.2) is 9.78 Å². The van der Waals surface area contributed by atoms with Gasteiger partial charge in [-0.2, -0.15) is 13.2 Å². The number of nitrogens with zero attached hydrogens (tertiary/aromatic N) is 2. The van der Waals surface area contributed by atoms with Gasteiger partial charge in [0, 0.05) is 24.5 Å². The fourth-order valence-electron chi connectivity index (χ4n) is 3.45. The number of carbonyl (C=O) groups is 1. The molecular formula is C21H25F3N2O4S. The molecule has 1 aromatic heterocycles. The van der Waals surface area contributed by atoms with Crippen molar-refractivity contribution in [1.29, 1.82) is 0 Å². The Kier molecular flexibility index (Phi) is 7.55. The monoisotopic (exact) mass is 458 g/mol. The zero-order valence-electron chi connectivity index (χ0n) is 17.6. The summed E-state index contributed by atoms with van der Waals surface area (Å²) < 4.78 is 54.6. The van der Waals surface area contributed by atoms with Gasteiger partial charge in [0.1, 0.15) is 11.9 Å². The first-order valence-corrected chi connectivity index (χ1v) is 10.7. The third-order valence-corrected chi connectivity index (χ3v) is 6.13. The van der Waals surface area contributed by atoms with Crippen LogP contribution in [-0.2, 0) is 20.4 Å². The predicted molar refractivity (Wildman–Crippen MR) is 109 cm³/mol. The summed E-state index contributed by atoms with van der Waals surface area (Å²) in [5.74, 6) is 0.319. The third kappa shape index (κ3) is 6.18. The molecule has 31 heavy (non-hydrogen) atoms. The van der Waals surface area contributed by atoms with Crippen LogP contribution in [0, 0.1) is 6.92 Å². The standard InChI is InChI=1S/C21H25F3N2O4S/c1-13(15-4-6-16(7-5-15)30-12-18(27)28-3)10-26-8-9-29-17(11-26)19-14(2)31-20(25-19)21(22,23)24/h4-7,13,17H,8-12H2,1-3H3. The Bertz CT molecular complexity index is 886. The highest BCUT2D eigenvalue weighted by Crippen LogP contribution is 2.37. The summed E-state index contributed by atoms with van der Waals surface area (Å²) in [6.45, 7) is 5.96.